The maximum Gasteiger partial charge on any atom is 0.241 e. The molecule has 2 aliphatic carbocycles. The number of allylic oxidation sites excluding steroid dienone is 1. The van der Waals surface area contributed by atoms with Gasteiger partial charge >= 0.3 is 0 Å². The van der Waals surface area contributed by atoms with Crippen LogP contribution in [0.15, 0.2) is 11.6 Å². The van der Waals surface area contributed by atoms with Crippen molar-refractivity contribution in [2.24, 2.45) is 11.8 Å². The molecule has 2 unspecified atom stereocenters. The second kappa shape index (κ2) is 9.56. The largest absolute Gasteiger partial charge is 0.362 e. The number of amides is 1. The van der Waals surface area contributed by atoms with Crippen LogP contribution in [-0.4, -0.2) is 42.1 Å². The Balaban J connectivity index is 1.31. The van der Waals surface area contributed by atoms with Crippen molar-refractivity contribution in [1.82, 2.24) is 15.5 Å². The van der Waals surface area contributed by atoms with E-state index in [4.69, 9.17) is 12.2 Å². The van der Waals surface area contributed by atoms with Crippen molar-refractivity contribution >= 4 is 23.2 Å². The summed E-state index contributed by atoms with van der Waals surface area (Å²) in [5.74, 6) is 1.80. The normalized spacial score (nSPS) is 26.4. The lowest BCUT2D eigenvalue weighted by molar-refractivity contribution is -0.133. The van der Waals surface area contributed by atoms with E-state index in [1.54, 1.807) is 5.57 Å². The van der Waals surface area contributed by atoms with E-state index in [1.165, 1.54) is 57.8 Å². The van der Waals surface area contributed by atoms with Crippen LogP contribution in [0.3, 0.4) is 0 Å². The standard InChI is InChI=1S/C20H33N3OS/c24-19(23-13-11-17-8-4-5-9-18(17)15-23)14-22-20(25)21-12-10-16-6-2-1-3-7-16/h6,17-18H,1-5,7-15H2,(H2,21,22,25). The van der Waals surface area contributed by atoms with Gasteiger partial charge in [0.1, 0.15) is 0 Å². The molecule has 4 nitrogen and oxygen atoms in total. The highest BCUT2D eigenvalue weighted by atomic mass is 32.1. The van der Waals surface area contributed by atoms with E-state index in [0.717, 1.165) is 37.9 Å². The zero-order valence-corrected chi connectivity index (χ0v) is 16.2. The number of thiocarbonyl (C=S) groups is 1. The van der Waals surface area contributed by atoms with Gasteiger partial charge in [-0.1, -0.05) is 30.9 Å². The molecule has 1 amide bonds. The molecule has 0 aromatic heterocycles. The summed E-state index contributed by atoms with van der Waals surface area (Å²) in [5, 5.41) is 6.95. The van der Waals surface area contributed by atoms with Crippen LogP contribution in [0, 0.1) is 11.8 Å². The molecular weight excluding hydrogens is 330 g/mol. The quantitative estimate of drug-likeness (QED) is 0.581. The summed E-state index contributed by atoms with van der Waals surface area (Å²) in [4.78, 5) is 14.5. The fourth-order valence-corrected chi connectivity index (χ4v) is 4.80. The third-order valence-corrected chi connectivity index (χ3v) is 6.45. The fraction of sp³-hybridized carbons (Fsp3) is 0.800. The van der Waals surface area contributed by atoms with Gasteiger partial charge in [-0.05, 0) is 69.0 Å². The van der Waals surface area contributed by atoms with Crippen LogP contribution >= 0.6 is 12.2 Å². The zero-order valence-electron chi connectivity index (χ0n) is 15.4. The molecule has 1 heterocycles. The van der Waals surface area contributed by atoms with Crippen LogP contribution in [0.5, 0.6) is 0 Å². The molecule has 3 rings (SSSR count). The number of hydrogen-bond acceptors (Lipinski definition) is 2. The summed E-state index contributed by atoms with van der Waals surface area (Å²) in [6.45, 7) is 3.07. The third-order valence-electron chi connectivity index (χ3n) is 6.16. The molecule has 1 aliphatic heterocycles. The lowest BCUT2D eigenvalue weighted by Crippen LogP contribution is -2.49. The summed E-state index contributed by atoms with van der Waals surface area (Å²) in [6, 6.07) is 0. The van der Waals surface area contributed by atoms with Crippen LogP contribution in [0.25, 0.3) is 0 Å². The number of carbonyl (C=O) groups excluding carboxylic acids is 1. The SMILES string of the molecule is O=C(CNC(=S)NCCC1=CCCCC1)N1CCC2CCCCC2C1. The Morgan fingerprint density at radius 2 is 1.96 bits per heavy atom. The molecule has 2 atom stereocenters. The molecule has 2 fully saturated rings. The van der Waals surface area contributed by atoms with E-state index in [2.05, 4.69) is 21.6 Å². The minimum Gasteiger partial charge on any atom is -0.362 e. The fourth-order valence-electron chi connectivity index (χ4n) is 4.63. The second-order valence-corrected chi connectivity index (χ2v) is 8.31. The van der Waals surface area contributed by atoms with E-state index < -0.39 is 0 Å². The second-order valence-electron chi connectivity index (χ2n) is 7.90. The molecule has 0 aromatic rings. The average molecular weight is 364 g/mol. The Labute approximate surface area is 157 Å². The highest BCUT2D eigenvalue weighted by molar-refractivity contribution is 7.80. The maximum absolute atomic E-state index is 12.5. The van der Waals surface area contributed by atoms with Gasteiger partial charge in [-0.2, -0.15) is 0 Å². The first-order valence-electron chi connectivity index (χ1n) is 10.2. The van der Waals surface area contributed by atoms with Crippen molar-refractivity contribution in [1.29, 1.82) is 0 Å². The molecule has 25 heavy (non-hydrogen) atoms. The number of hydrogen-bond donors (Lipinski definition) is 2. The molecule has 5 heteroatoms. The van der Waals surface area contributed by atoms with E-state index >= 15 is 0 Å². The monoisotopic (exact) mass is 363 g/mol. The van der Waals surface area contributed by atoms with Crippen molar-refractivity contribution in [2.45, 2.75) is 64.2 Å². The molecular formula is C20H33N3OS. The first kappa shape index (κ1) is 18.7. The van der Waals surface area contributed by atoms with Crippen LogP contribution in [0.2, 0.25) is 0 Å². The molecule has 1 saturated carbocycles. The van der Waals surface area contributed by atoms with Crippen molar-refractivity contribution in [3.63, 3.8) is 0 Å². The van der Waals surface area contributed by atoms with Gasteiger partial charge in [0.05, 0.1) is 6.54 Å². The average Bonchev–Trinajstić information content (AvgIpc) is 2.66. The smallest absolute Gasteiger partial charge is 0.241 e. The molecule has 0 bridgehead atoms. The number of nitrogens with one attached hydrogen (secondary N) is 2. The Bertz CT molecular complexity index is 505. The highest BCUT2D eigenvalue weighted by Gasteiger charge is 2.32. The minimum atomic E-state index is 0.197. The first-order chi connectivity index (χ1) is 12.2. The Morgan fingerprint density at radius 1 is 1.12 bits per heavy atom. The van der Waals surface area contributed by atoms with Gasteiger partial charge in [-0.3, -0.25) is 4.79 Å². The van der Waals surface area contributed by atoms with Crippen molar-refractivity contribution in [3.05, 3.63) is 11.6 Å². The van der Waals surface area contributed by atoms with Crippen LogP contribution in [0.4, 0.5) is 0 Å². The summed E-state index contributed by atoms with van der Waals surface area (Å²) in [6.07, 6.45) is 15.1. The van der Waals surface area contributed by atoms with Gasteiger partial charge in [0, 0.05) is 19.6 Å². The van der Waals surface area contributed by atoms with E-state index in [1.807, 2.05) is 0 Å². The molecule has 0 spiro atoms. The predicted octanol–water partition coefficient (Wildman–Crippen LogP) is 3.38. The van der Waals surface area contributed by atoms with Gasteiger partial charge in [-0.25, -0.2) is 0 Å². The van der Waals surface area contributed by atoms with Crippen LogP contribution in [-0.2, 0) is 4.79 Å². The van der Waals surface area contributed by atoms with Crippen molar-refractivity contribution in [2.75, 3.05) is 26.2 Å². The van der Waals surface area contributed by atoms with E-state index in [0.29, 0.717) is 11.7 Å². The number of piperidine rings is 1. The summed E-state index contributed by atoms with van der Waals surface area (Å²) in [7, 11) is 0. The Hall–Kier alpha value is -1.10. The maximum atomic E-state index is 12.5. The highest BCUT2D eigenvalue weighted by Crippen LogP contribution is 2.35. The Morgan fingerprint density at radius 3 is 2.76 bits per heavy atom. The molecule has 140 valence electrons. The van der Waals surface area contributed by atoms with Crippen molar-refractivity contribution in [3.8, 4) is 0 Å². The van der Waals surface area contributed by atoms with E-state index in [9.17, 15) is 4.79 Å². The zero-order chi connectivity index (χ0) is 17.5. The van der Waals surface area contributed by atoms with Gasteiger partial charge < -0.3 is 15.5 Å². The van der Waals surface area contributed by atoms with Gasteiger partial charge in [0.25, 0.3) is 0 Å². The third kappa shape index (κ3) is 5.70. The number of likely N-dealkylation sites (tertiary alicyclic amines) is 1. The molecule has 3 aliphatic rings. The molecule has 2 N–H and O–H groups in total. The Kier molecular flexibility index (Phi) is 7.14. The number of fused-ring (bicyclic) bond motifs is 1. The molecule has 0 aromatic carbocycles. The van der Waals surface area contributed by atoms with Gasteiger partial charge in [0.2, 0.25) is 5.91 Å². The van der Waals surface area contributed by atoms with Gasteiger partial charge in [0.15, 0.2) is 5.11 Å². The molecule has 0 radical (unpaired) electrons. The summed E-state index contributed by atoms with van der Waals surface area (Å²) >= 11 is 5.32. The topological polar surface area (TPSA) is 44.4 Å². The minimum absolute atomic E-state index is 0.197. The lowest BCUT2D eigenvalue weighted by atomic mass is 9.75. The number of carbonyl (C=O) groups is 1. The lowest BCUT2D eigenvalue weighted by Gasteiger charge is -2.41. The summed E-state index contributed by atoms with van der Waals surface area (Å²) in [5.41, 5.74) is 1.55. The summed E-state index contributed by atoms with van der Waals surface area (Å²) < 4.78 is 0. The predicted molar refractivity (Wildman–Crippen MR) is 106 cm³/mol. The number of nitrogens with zero attached hydrogens (tertiary/aromatic N) is 1. The van der Waals surface area contributed by atoms with Crippen LogP contribution < -0.4 is 10.6 Å². The first-order valence-corrected chi connectivity index (χ1v) is 10.6. The van der Waals surface area contributed by atoms with Gasteiger partial charge in [-0.15, -0.1) is 0 Å². The molecule has 1 saturated heterocycles. The number of rotatable bonds is 5. The van der Waals surface area contributed by atoms with Crippen molar-refractivity contribution < 1.29 is 4.79 Å². The van der Waals surface area contributed by atoms with Crippen LogP contribution in [0.1, 0.15) is 64.2 Å². The van der Waals surface area contributed by atoms with E-state index in [-0.39, 0.29) is 5.91 Å².